The van der Waals surface area contributed by atoms with Crippen LogP contribution in [0.5, 0.6) is 0 Å². The highest BCUT2D eigenvalue weighted by atomic mass is 35.5. The van der Waals surface area contributed by atoms with Crippen LogP contribution in [0.15, 0.2) is 10.4 Å². The Morgan fingerprint density at radius 1 is 1.35 bits per heavy atom. The number of nitrogens with one attached hydrogen (secondary N) is 1. The van der Waals surface area contributed by atoms with Gasteiger partial charge in [0.2, 0.25) is 10.0 Å². The van der Waals surface area contributed by atoms with Gasteiger partial charge < -0.3 is 0 Å². The van der Waals surface area contributed by atoms with Crippen molar-refractivity contribution in [2.45, 2.75) is 23.1 Å². The Labute approximate surface area is 127 Å². The monoisotopic (exact) mass is 359 g/mol. The molecular formula is C9H14ClN3O4S3. The molecule has 0 aliphatic carbocycles. The second-order valence-corrected chi connectivity index (χ2v) is 10.1. The van der Waals surface area contributed by atoms with Gasteiger partial charge in [-0.2, -0.15) is 4.31 Å². The summed E-state index contributed by atoms with van der Waals surface area (Å²) in [5.74, 6) is 0. The second kappa shape index (κ2) is 5.85. The van der Waals surface area contributed by atoms with E-state index < -0.39 is 20.0 Å². The molecule has 1 N–H and O–H groups in total. The van der Waals surface area contributed by atoms with Gasteiger partial charge in [0.15, 0.2) is 8.68 Å². The molecule has 2 heterocycles. The molecule has 0 unspecified atom stereocenters. The Bertz CT molecular complexity index is 677. The van der Waals surface area contributed by atoms with Gasteiger partial charge in [-0.3, -0.25) is 0 Å². The molecule has 0 saturated carbocycles. The van der Waals surface area contributed by atoms with Gasteiger partial charge in [0.25, 0.3) is 10.0 Å². The van der Waals surface area contributed by atoms with Gasteiger partial charge in [-0.1, -0.05) is 22.9 Å². The van der Waals surface area contributed by atoms with E-state index in [1.54, 1.807) is 0 Å². The molecule has 7 nitrogen and oxygen atoms in total. The van der Waals surface area contributed by atoms with Crippen molar-refractivity contribution in [3.63, 3.8) is 0 Å². The van der Waals surface area contributed by atoms with E-state index in [1.165, 1.54) is 10.5 Å². The second-order valence-electron chi connectivity index (χ2n) is 4.50. The van der Waals surface area contributed by atoms with Crippen LogP contribution in [0.1, 0.15) is 12.8 Å². The van der Waals surface area contributed by atoms with Crippen molar-refractivity contribution < 1.29 is 16.8 Å². The zero-order valence-electron chi connectivity index (χ0n) is 10.6. The lowest BCUT2D eigenvalue weighted by atomic mass is 10.1. The smallest absolute Gasteiger partial charge is 0.232 e. The number of sulfonamides is 2. The summed E-state index contributed by atoms with van der Waals surface area (Å²) >= 11 is 6.56. The van der Waals surface area contributed by atoms with Crippen LogP contribution >= 0.6 is 22.9 Å². The van der Waals surface area contributed by atoms with Crippen LogP contribution in [-0.4, -0.2) is 51.5 Å². The van der Waals surface area contributed by atoms with Crippen molar-refractivity contribution in [2.24, 2.45) is 0 Å². The number of nitrogens with zero attached hydrogens (tertiary/aromatic N) is 2. The predicted molar refractivity (Wildman–Crippen MR) is 76.9 cm³/mol. The van der Waals surface area contributed by atoms with Gasteiger partial charge in [0.05, 0.1) is 12.5 Å². The fourth-order valence-corrected chi connectivity index (χ4v) is 5.76. The average molecular weight is 360 g/mol. The molecule has 1 aromatic rings. The summed E-state index contributed by atoms with van der Waals surface area (Å²) in [5, 5.41) is 0. The molecule has 2 rings (SSSR count). The number of rotatable bonds is 4. The standard InChI is InChI=1S/C9H14ClN3O4S3/c1-19(14,15)12-7-2-4-13(5-3-7)20(16,17)8-6-11-9(10)18-8/h6-7,12H,2-5H2,1H3. The molecule has 1 aromatic heterocycles. The summed E-state index contributed by atoms with van der Waals surface area (Å²) < 4.78 is 51.0. The van der Waals surface area contributed by atoms with E-state index in [-0.39, 0.29) is 27.8 Å². The van der Waals surface area contributed by atoms with Crippen LogP contribution in [0, 0.1) is 0 Å². The first-order valence-electron chi connectivity index (χ1n) is 5.77. The molecule has 0 spiro atoms. The summed E-state index contributed by atoms with van der Waals surface area (Å²) in [7, 11) is -6.85. The van der Waals surface area contributed by atoms with E-state index in [1.807, 2.05) is 0 Å². The topological polar surface area (TPSA) is 96.4 Å². The number of aromatic nitrogens is 1. The molecule has 0 amide bonds. The molecule has 0 radical (unpaired) electrons. The van der Waals surface area contributed by atoms with E-state index in [0.717, 1.165) is 17.6 Å². The van der Waals surface area contributed by atoms with Gasteiger partial charge in [0.1, 0.15) is 0 Å². The first-order chi connectivity index (χ1) is 9.18. The summed E-state index contributed by atoms with van der Waals surface area (Å²) in [4.78, 5) is 3.73. The Kier molecular flexibility index (Phi) is 4.72. The fraction of sp³-hybridized carbons (Fsp3) is 0.667. The van der Waals surface area contributed by atoms with Crippen molar-refractivity contribution in [1.29, 1.82) is 0 Å². The Morgan fingerprint density at radius 3 is 2.40 bits per heavy atom. The van der Waals surface area contributed by atoms with Crippen LogP contribution in [0.3, 0.4) is 0 Å². The predicted octanol–water partition coefficient (Wildman–Crippen LogP) is 0.499. The lowest BCUT2D eigenvalue weighted by Gasteiger charge is -2.30. The van der Waals surface area contributed by atoms with Gasteiger partial charge in [-0.25, -0.2) is 26.5 Å². The third-order valence-electron chi connectivity index (χ3n) is 2.89. The number of hydrogen-bond acceptors (Lipinski definition) is 6. The number of piperidine rings is 1. The Morgan fingerprint density at radius 2 is 1.95 bits per heavy atom. The van der Waals surface area contributed by atoms with Crippen LogP contribution in [0.4, 0.5) is 0 Å². The Hall–Kier alpha value is -0.260. The minimum absolute atomic E-state index is 0.108. The van der Waals surface area contributed by atoms with Crippen LogP contribution in [0.2, 0.25) is 4.47 Å². The molecule has 0 bridgehead atoms. The third-order valence-corrected chi connectivity index (χ3v) is 7.10. The molecule has 11 heteroatoms. The van der Waals surface area contributed by atoms with Crippen LogP contribution in [-0.2, 0) is 20.0 Å². The summed E-state index contributed by atoms with van der Waals surface area (Å²) in [6.07, 6.45) is 3.22. The van der Waals surface area contributed by atoms with Gasteiger partial charge in [-0.15, -0.1) is 0 Å². The molecule has 20 heavy (non-hydrogen) atoms. The quantitative estimate of drug-likeness (QED) is 0.844. The molecule has 1 aliphatic rings. The van der Waals surface area contributed by atoms with Crippen LogP contribution < -0.4 is 4.72 Å². The maximum Gasteiger partial charge on any atom is 0.254 e. The number of hydrogen-bond donors (Lipinski definition) is 1. The highest BCUT2D eigenvalue weighted by Gasteiger charge is 2.31. The van der Waals surface area contributed by atoms with Crippen molar-refractivity contribution in [1.82, 2.24) is 14.0 Å². The van der Waals surface area contributed by atoms with Gasteiger partial charge in [0, 0.05) is 19.1 Å². The van der Waals surface area contributed by atoms with E-state index in [9.17, 15) is 16.8 Å². The average Bonchev–Trinajstić information content (AvgIpc) is 2.75. The van der Waals surface area contributed by atoms with Crippen LogP contribution in [0.25, 0.3) is 0 Å². The molecule has 1 aliphatic heterocycles. The largest absolute Gasteiger partial charge is 0.254 e. The molecule has 0 aromatic carbocycles. The van der Waals surface area contributed by atoms with Gasteiger partial charge in [-0.05, 0) is 12.8 Å². The van der Waals surface area contributed by atoms with E-state index in [0.29, 0.717) is 12.8 Å². The molecule has 1 fully saturated rings. The summed E-state index contributed by atoms with van der Waals surface area (Å²) in [6.45, 7) is 0.538. The van der Waals surface area contributed by atoms with Crippen molar-refractivity contribution >= 4 is 43.0 Å². The molecule has 1 saturated heterocycles. The fourth-order valence-electron chi connectivity index (χ4n) is 2.00. The first-order valence-corrected chi connectivity index (χ1v) is 10.3. The van der Waals surface area contributed by atoms with E-state index in [4.69, 9.17) is 11.6 Å². The third kappa shape index (κ3) is 3.89. The summed E-state index contributed by atoms with van der Waals surface area (Å²) in [5.41, 5.74) is 0. The van der Waals surface area contributed by atoms with Crippen molar-refractivity contribution in [3.8, 4) is 0 Å². The zero-order chi connectivity index (χ0) is 15.0. The minimum atomic E-state index is -3.58. The summed E-state index contributed by atoms with van der Waals surface area (Å²) in [6, 6.07) is -0.221. The first kappa shape index (κ1) is 16.1. The SMILES string of the molecule is CS(=O)(=O)NC1CCN(S(=O)(=O)c2cnc(Cl)s2)CC1. The van der Waals surface area contributed by atoms with Crippen molar-refractivity contribution in [2.75, 3.05) is 19.3 Å². The van der Waals surface area contributed by atoms with E-state index in [2.05, 4.69) is 9.71 Å². The Balaban J connectivity index is 2.04. The lowest BCUT2D eigenvalue weighted by molar-refractivity contribution is 0.309. The highest BCUT2D eigenvalue weighted by molar-refractivity contribution is 7.91. The highest BCUT2D eigenvalue weighted by Crippen LogP contribution is 2.27. The van der Waals surface area contributed by atoms with Crippen molar-refractivity contribution in [3.05, 3.63) is 10.7 Å². The lowest BCUT2D eigenvalue weighted by Crippen LogP contribution is -2.46. The maximum atomic E-state index is 12.3. The number of thiazole rings is 1. The maximum absolute atomic E-state index is 12.3. The number of halogens is 1. The van der Waals surface area contributed by atoms with E-state index >= 15 is 0 Å². The zero-order valence-corrected chi connectivity index (χ0v) is 13.8. The van der Waals surface area contributed by atoms with Gasteiger partial charge >= 0.3 is 0 Å². The molecular weight excluding hydrogens is 346 g/mol. The molecule has 114 valence electrons. The minimum Gasteiger partial charge on any atom is -0.232 e. The normalized spacial score (nSPS) is 19.3. The molecule has 0 atom stereocenters.